The molecule has 0 bridgehead atoms. The highest BCUT2D eigenvalue weighted by Gasteiger charge is 2.35. The van der Waals surface area contributed by atoms with Gasteiger partial charge in [-0.25, -0.2) is 0 Å². The second kappa shape index (κ2) is 8.13. The zero-order chi connectivity index (χ0) is 26.0. The van der Waals surface area contributed by atoms with Crippen LogP contribution < -0.4 is 10.7 Å². The molecule has 4 aliphatic rings. The summed E-state index contributed by atoms with van der Waals surface area (Å²) in [6.07, 6.45) is 5.76. The molecule has 2 heterocycles. The lowest BCUT2D eigenvalue weighted by atomic mass is 9.83. The highest BCUT2D eigenvalue weighted by Crippen LogP contribution is 2.44. The van der Waals surface area contributed by atoms with E-state index in [1.165, 1.54) is 6.07 Å². The summed E-state index contributed by atoms with van der Waals surface area (Å²) in [6.45, 7) is 4.20. The minimum Gasteiger partial charge on any atom is -0.455 e. The lowest BCUT2D eigenvalue weighted by molar-refractivity contribution is 0.469. The number of para-hydroxylation sites is 1. The summed E-state index contributed by atoms with van der Waals surface area (Å²) in [5.41, 5.74) is 2.70. The number of fused-ring (bicyclic) bond motifs is 3. The predicted octanol–water partition coefficient (Wildman–Crippen LogP) is 4.24. The molecule has 11 heteroatoms. The van der Waals surface area contributed by atoms with E-state index >= 15 is 0 Å². The van der Waals surface area contributed by atoms with Gasteiger partial charge < -0.3 is 9.73 Å². The summed E-state index contributed by atoms with van der Waals surface area (Å²) in [5, 5.41) is 3.43. The Labute approximate surface area is 208 Å². The number of hydrogen-bond acceptors (Lipinski definition) is 7. The van der Waals surface area contributed by atoms with E-state index in [1.807, 2.05) is 30.4 Å². The lowest BCUT2D eigenvalue weighted by Gasteiger charge is -2.22. The average Bonchev–Trinajstić information content (AvgIpc) is 3.04. The van der Waals surface area contributed by atoms with Crippen molar-refractivity contribution in [2.45, 2.75) is 48.3 Å². The molecule has 9 nitrogen and oxygen atoms in total. The molecule has 2 aliphatic carbocycles. The van der Waals surface area contributed by atoms with E-state index in [1.54, 1.807) is 0 Å². The Morgan fingerprint density at radius 1 is 0.972 bits per heavy atom. The zero-order valence-electron chi connectivity index (χ0n) is 19.4. The minimum atomic E-state index is -5.18. The average molecular weight is 530 g/mol. The number of allylic oxidation sites excluding steroid dienone is 4. The van der Waals surface area contributed by atoms with E-state index in [0.717, 1.165) is 35.0 Å². The lowest BCUT2D eigenvalue weighted by Crippen LogP contribution is -2.23. The van der Waals surface area contributed by atoms with Crippen LogP contribution in [0.5, 0.6) is 0 Å². The Balaban J connectivity index is 1.70. The summed E-state index contributed by atoms with van der Waals surface area (Å²) in [4.78, 5) is 10.3. The molecule has 0 atom stereocenters. The summed E-state index contributed by atoms with van der Waals surface area (Å²) < 4.78 is 72.5. The van der Waals surface area contributed by atoms with Crippen molar-refractivity contribution in [1.29, 1.82) is 0 Å². The maximum Gasteiger partial charge on any atom is 0.302 e. The van der Waals surface area contributed by atoms with Gasteiger partial charge in [-0.05, 0) is 60.2 Å². The topological polar surface area (TPSA) is 151 Å². The summed E-state index contributed by atoms with van der Waals surface area (Å²) in [5.74, 6) is -0.122. The highest BCUT2D eigenvalue weighted by atomic mass is 32.2. The van der Waals surface area contributed by atoms with Crippen molar-refractivity contribution in [3.05, 3.63) is 81.4 Å². The van der Waals surface area contributed by atoms with Gasteiger partial charge in [-0.3, -0.25) is 13.9 Å². The molecule has 36 heavy (non-hydrogen) atoms. The maximum absolute atomic E-state index is 12.6. The molecule has 3 N–H and O–H groups in total. The van der Waals surface area contributed by atoms with Crippen molar-refractivity contribution in [2.24, 2.45) is 0 Å². The van der Waals surface area contributed by atoms with Crippen LogP contribution >= 0.6 is 0 Å². The van der Waals surface area contributed by atoms with Gasteiger partial charge >= 0.3 is 10.1 Å². The van der Waals surface area contributed by atoms with Crippen LogP contribution in [0.25, 0.3) is 16.9 Å². The summed E-state index contributed by atoms with van der Waals surface area (Å²) >= 11 is 0. The first-order valence-corrected chi connectivity index (χ1v) is 14.0. The van der Waals surface area contributed by atoms with E-state index in [4.69, 9.17) is 4.42 Å². The predicted molar refractivity (Wildman–Crippen MR) is 133 cm³/mol. The molecule has 5 rings (SSSR count). The quantitative estimate of drug-likeness (QED) is 0.423. The van der Waals surface area contributed by atoms with Crippen LogP contribution in [0, 0.1) is 0 Å². The largest absolute Gasteiger partial charge is 0.455 e. The number of benzene rings is 2. The zero-order valence-corrected chi connectivity index (χ0v) is 21.0. The van der Waals surface area contributed by atoms with Gasteiger partial charge in [0, 0.05) is 22.4 Å². The van der Waals surface area contributed by atoms with Crippen LogP contribution in [-0.2, 0) is 32.1 Å². The van der Waals surface area contributed by atoms with Gasteiger partial charge in [0.25, 0.3) is 10.1 Å². The van der Waals surface area contributed by atoms with Gasteiger partial charge in [0.2, 0.25) is 5.43 Å². The highest BCUT2D eigenvalue weighted by molar-refractivity contribution is 7.86. The third-order valence-electron chi connectivity index (χ3n) is 6.72. The molecular weight excluding hydrogens is 506 g/mol. The SMILES string of the molecule is CC1(C)/C(=C\C=C2/CCCc3cc4cc(S(=O)(=O)O)c(=O)c(S(=O)(=O)O)c-4oc32)Nc2ccccc21. The van der Waals surface area contributed by atoms with Crippen molar-refractivity contribution in [2.75, 3.05) is 5.32 Å². The van der Waals surface area contributed by atoms with Crippen LogP contribution in [0.15, 0.2) is 73.2 Å². The van der Waals surface area contributed by atoms with E-state index in [2.05, 4.69) is 25.2 Å². The van der Waals surface area contributed by atoms with Gasteiger partial charge in [0.05, 0.1) is 0 Å². The molecule has 0 spiro atoms. The minimum absolute atomic E-state index is 0.0396. The monoisotopic (exact) mass is 529 g/mol. The fourth-order valence-electron chi connectivity index (χ4n) is 4.89. The van der Waals surface area contributed by atoms with E-state index in [-0.39, 0.29) is 11.0 Å². The van der Waals surface area contributed by atoms with Crippen molar-refractivity contribution < 1.29 is 30.4 Å². The van der Waals surface area contributed by atoms with Gasteiger partial charge in [-0.15, -0.1) is 0 Å². The third-order valence-corrected chi connectivity index (χ3v) is 8.47. The Morgan fingerprint density at radius 3 is 2.36 bits per heavy atom. The molecule has 0 saturated heterocycles. The first kappa shape index (κ1) is 24.4. The molecule has 0 aromatic heterocycles. The Kier molecular flexibility index (Phi) is 5.52. The van der Waals surface area contributed by atoms with Gasteiger partial charge in [-0.2, -0.15) is 16.8 Å². The Bertz CT molecular complexity index is 1730. The summed E-state index contributed by atoms with van der Waals surface area (Å²) in [7, 11) is -10.2. The molecule has 0 fully saturated rings. The number of rotatable bonds is 3. The Hall–Kier alpha value is -3.25. The van der Waals surface area contributed by atoms with Crippen molar-refractivity contribution >= 4 is 31.5 Å². The van der Waals surface area contributed by atoms with Crippen molar-refractivity contribution in [1.82, 2.24) is 0 Å². The van der Waals surface area contributed by atoms with Crippen molar-refractivity contribution in [3.63, 3.8) is 0 Å². The molecule has 0 radical (unpaired) electrons. The third kappa shape index (κ3) is 3.97. The van der Waals surface area contributed by atoms with Crippen LogP contribution in [0.2, 0.25) is 0 Å². The van der Waals surface area contributed by atoms with Gasteiger partial charge in [0.1, 0.15) is 10.7 Å². The van der Waals surface area contributed by atoms with Crippen molar-refractivity contribution in [3.8, 4) is 11.3 Å². The van der Waals surface area contributed by atoms with Crippen LogP contribution in [0.3, 0.4) is 0 Å². The molecule has 1 aromatic carbocycles. The normalized spacial score (nSPS) is 19.3. The summed E-state index contributed by atoms with van der Waals surface area (Å²) in [6, 6.07) is 10.4. The smallest absolute Gasteiger partial charge is 0.302 e. The van der Waals surface area contributed by atoms with E-state index in [9.17, 15) is 30.7 Å². The first-order valence-electron chi connectivity index (χ1n) is 11.2. The number of hydrogen-bond donors (Lipinski definition) is 3. The number of aryl methyl sites for hydroxylation is 1. The molecular formula is C25H23NO8S2. The second-order valence-electron chi connectivity index (χ2n) is 9.42. The van der Waals surface area contributed by atoms with Gasteiger partial charge in [0.15, 0.2) is 10.7 Å². The number of nitrogens with one attached hydrogen (secondary N) is 1. The van der Waals surface area contributed by atoms with Crippen LogP contribution in [0.4, 0.5) is 5.69 Å². The van der Waals surface area contributed by atoms with Crippen LogP contribution in [-0.4, -0.2) is 25.9 Å². The number of anilines is 1. The molecule has 188 valence electrons. The molecule has 0 saturated carbocycles. The maximum atomic E-state index is 12.6. The molecule has 2 aliphatic heterocycles. The standard InChI is InChI=1S/C25H23NO8S2/c1-25(2)17-8-3-4-9-18(17)26-20(25)11-10-14-6-5-7-15-12-16-13-19(35(28,29)30)21(27)24(36(31,32)33)23(16)34-22(14)15/h3-4,8-13,26H,5-7H2,1-2H3,(H,28,29,30)(H,31,32,33)/b14-10+,20-11+. The molecule has 1 aromatic rings. The second-order valence-corrected chi connectivity index (χ2v) is 12.2. The molecule has 0 amide bonds. The van der Waals surface area contributed by atoms with Gasteiger partial charge in [-0.1, -0.05) is 38.1 Å². The first-order chi connectivity index (χ1) is 16.8. The fourth-order valence-corrected chi connectivity index (χ4v) is 6.31. The Morgan fingerprint density at radius 2 is 1.69 bits per heavy atom. The fraction of sp³-hybridized carbons (Fsp3) is 0.240. The van der Waals surface area contributed by atoms with E-state index < -0.39 is 41.2 Å². The molecule has 0 unspecified atom stereocenters. The van der Waals surface area contributed by atoms with Crippen LogP contribution in [0.1, 0.15) is 43.6 Å². The van der Waals surface area contributed by atoms with E-state index in [0.29, 0.717) is 24.2 Å².